The van der Waals surface area contributed by atoms with Crippen LogP contribution in [0.15, 0.2) is 24.3 Å². The maximum Gasteiger partial charge on any atom is 0.327 e. The van der Waals surface area contributed by atoms with Crippen molar-refractivity contribution < 1.29 is 9.90 Å². The second-order valence-corrected chi connectivity index (χ2v) is 5.06. The van der Waals surface area contributed by atoms with Crippen molar-refractivity contribution in [1.82, 2.24) is 0 Å². The Hall–Kier alpha value is -1.05. The number of carbonyl (C=O) groups is 1. The lowest BCUT2D eigenvalue weighted by Crippen LogP contribution is -2.30. The fraction of sp³-hybridized carbons (Fsp3) is 0.615. The molecule has 0 aliphatic heterocycles. The highest BCUT2D eigenvalue weighted by atomic mass is 16.4. The third kappa shape index (κ3) is 3.22. The molecule has 0 radical (unpaired) electrons. The summed E-state index contributed by atoms with van der Waals surface area (Å²) in [7, 11) is 0. The van der Waals surface area contributed by atoms with Gasteiger partial charge in [-0.25, -0.2) is 4.79 Å². The van der Waals surface area contributed by atoms with Crippen LogP contribution in [0.4, 0.5) is 0 Å². The van der Waals surface area contributed by atoms with Gasteiger partial charge in [-0.15, -0.1) is 0 Å². The molecular formula is C13H20O2. The van der Waals surface area contributed by atoms with Gasteiger partial charge in [-0.1, -0.05) is 39.0 Å². The van der Waals surface area contributed by atoms with E-state index in [1.807, 2.05) is 0 Å². The summed E-state index contributed by atoms with van der Waals surface area (Å²) in [6.45, 7) is 6.72. The van der Waals surface area contributed by atoms with Crippen molar-refractivity contribution in [3.63, 3.8) is 0 Å². The van der Waals surface area contributed by atoms with Gasteiger partial charge >= 0.3 is 5.97 Å². The first-order chi connectivity index (χ1) is 6.93. The van der Waals surface area contributed by atoms with Crippen LogP contribution in [0.5, 0.6) is 0 Å². The molecular weight excluding hydrogens is 188 g/mol. The molecule has 0 spiro atoms. The van der Waals surface area contributed by atoms with E-state index >= 15 is 0 Å². The van der Waals surface area contributed by atoms with Gasteiger partial charge in [-0.3, -0.25) is 0 Å². The molecule has 1 N–H and O–H groups in total. The van der Waals surface area contributed by atoms with E-state index in [4.69, 9.17) is 5.11 Å². The van der Waals surface area contributed by atoms with Crippen LogP contribution in [0.2, 0.25) is 0 Å². The summed E-state index contributed by atoms with van der Waals surface area (Å²) in [5.74, 6) is 0.220. The van der Waals surface area contributed by atoms with Gasteiger partial charge in [0, 0.05) is 6.08 Å². The maximum atomic E-state index is 10.4. The minimum Gasteiger partial charge on any atom is -0.478 e. The molecule has 2 heteroatoms. The van der Waals surface area contributed by atoms with E-state index < -0.39 is 5.97 Å². The largest absolute Gasteiger partial charge is 0.478 e. The third-order valence-corrected chi connectivity index (χ3v) is 3.37. The molecule has 0 aromatic heterocycles. The second kappa shape index (κ2) is 4.65. The molecule has 0 amide bonds. The van der Waals surface area contributed by atoms with Crippen molar-refractivity contribution >= 4 is 5.97 Å². The molecule has 1 aliphatic rings. The van der Waals surface area contributed by atoms with Gasteiger partial charge in [-0.05, 0) is 30.1 Å². The van der Waals surface area contributed by atoms with Crippen LogP contribution in [0.25, 0.3) is 0 Å². The Labute approximate surface area is 91.7 Å². The SMILES string of the molecule is CC1C=CCC(C)(C)C1C/C=C/C(=O)O. The molecule has 84 valence electrons. The van der Waals surface area contributed by atoms with E-state index in [0.717, 1.165) is 12.8 Å². The zero-order chi connectivity index (χ0) is 11.5. The highest BCUT2D eigenvalue weighted by Crippen LogP contribution is 2.42. The Morgan fingerprint density at radius 2 is 2.27 bits per heavy atom. The summed E-state index contributed by atoms with van der Waals surface area (Å²) < 4.78 is 0. The summed E-state index contributed by atoms with van der Waals surface area (Å²) in [5.41, 5.74) is 0.275. The Bertz CT molecular complexity index is 287. The predicted octanol–water partition coefficient (Wildman–Crippen LogP) is 3.26. The summed E-state index contributed by atoms with van der Waals surface area (Å²) in [6.07, 6.45) is 9.45. The van der Waals surface area contributed by atoms with Crippen LogP contribution in [0.1, 0.15) is 33.6 Å². The van der Waals surface area contributed by atoms with E-state index in [1.54, 1.807) is 6.08 Å². The molecule has 15 heavy (non-hydrogen) atoms. The van der Waals surface area contributed by atoms with E-state index in [-0.39, 0.29) is 5.41 Å². The lowest BCUT2D eigenvalue weighted by Gasteiger charge is -2.39. The van der Waals surface area contributed by atoms with E-state index in [2.05, 4.69) is 32.9 Å². The van der Waals surface area contributed by atoms with Crippen molar-refractivity contribution in [2.24, 2.45) is 17.3 Å². The molecule has 1 aliphatic carbocycles. The zero-order valence-corrected chi connectivity index (χ0v) is 9.73. The second-order valence-electron chi connectivity index (χ2n) is 5.06. The van der Waals surface area contributed by atoms with Gasteiger partial charge in [0.1, 0.15) is 0 Å². The van der Waals surface area contributed by atoms with Gasteiger partial charge < -0.3 is 5.11 Å². The van der Waals surface area contributed by atoms with Crippen LogP contribution < -0.4 is 0 Å². The molecule has 0 fully saturated rings. The van der Waals surface area contributed by atoms with Crippen LogP contribution in [0, 0.1) is 17.3 Å². The highest BCUT2D eigenvalue weighted by molar-refractivity contribution is 5.79. The predicted molar refractivity (Wildman–Crippen MR) is 61.6 cm³/mol. The smallest absolute Gasteiger partial charge is 0.327 e. The lowest BCUT2D eigenvalue weighted by molar-refractivity contribution is -0.131. The summed E-state index contributed by atoms with van der Waals surface area (Å²) >= 11 is 0. The van der Waals surface area contributed by atoms with Crippen LogP contribution in [-0.2, 0) is 4.79 Å². The first kappa shape index (κ1) is 12.0. The Balaban J connectivity index is 2.65. The molecule has 2 atom stereocenters. The number of hydrogen-bond acceptors (Lipinski definition) is 1. The Morgan fingerprint density at radius 3 is 2.80 bits per heavy atom. The van der Waals surface area contributed by atoms with Gasteiger partial charge in [0.15, 0.2) is 0 Å². The van der Waals surface area contributed by atoms with Gasteiger partial charge in [0.2, 0.25) is 0 Å². The molecule has 0 saturated heterocycles. The molecule has 2 nitrogen and oxygen atoms in total. The first-order valence-electron chi connectivity index (χ1n) is 5.49. The number of allylic oxidation sites excluding steroid dienone is 3. The fourth-order valence-electron chi connectivity index (χ4n) is 2.43. The number of hydrogen-bond donors (Lipinski definition) is 1. The Morgan fingerprint density at radius 1 is 1.60 bits per heavy atom. The maximum absolute atomic E-state index is 10.4. The quantitative estimate of drug-likeness (QED) is 0.571. The van der Waals surface area contributed by atoms with E-state index in [9.17, 15) is 4.79 Å². The normalized spacial score (nSPS) is 29.5. The first-order valence-corrected chi connectivity index (χ1v) is 5.49. The van der Waals surface area contributed by atoms with Crippen LogP contribution >= 0.6 is 0 Å². The molecule has 0 aromatic carbocycles. The Kier molecular flexibility index (Phi) is 3.72. The average molecular weight is 208 g/mol. The van der Waals surface area contributed by atoms with E-state index in [1.165, 1.54) is 6.08 Å². The molecule has 2 unspecified atom stereocenters. The number of carboxylic acids is 1. The van der Waals surface area contributed by atoms with Gasteiger partial charge in [-0.2, -0.15) is 0 Å². The van der Waals surface area contributed by atoms with Crippen molar-refractivity contribution in [3.05, 3.63) is 24.3 Å². The standard InChI is InChI=1S/C13H20O2/c1-10-6-5-9-13(2,3)11(10)7-4-8-12(14)15/h4-6,8,10-11H,7,9H2,1-3H3,(H,14,15)/b8-4+. The summed E-state index contributed by atoms with van der Waals surface area (Å²) in [4.78, 5) is 10.4. The number of rotatable bonds is 3. The molecule has 0 heterocycles. The number of aliphatic carboxylic acids is 1. The minimum atomic E-state index is -0.855. The third-order valence-electron chi connectivity index (χ3n) is 3.37. The van der Waals surface area contributed by atoms with E-state index in [0.29, 0.717) is 11.8 Å². The molecule has 0 bridgehead atoms. The highest BCUT2D eigenvalue weighted by Gasteiger charge is 2.33. The van der Waals surface area contributed by atoms with Crippen molar-refractivity contribution in [2.75, 3.05) is 0 Å². The van der Waals surface area contributed by atoms with Crippen molar-refractivity contribution in [1.29, 1.82) is 0 Å². The molecule has 0 saturated carbocycles. The molecule has 1 rings (SSSR count). The summed E-state index contributed by atoms with van der Waals surface area (Å²) in [5, 5.41) is 8.54. The van der Waals surface area contributed by atoms with Crippen LogP contribution in [0.3, 0.4) is 0 Å². The lowest BCUT2D eigenvalue weighted by atomic mass is 9.66. The van der Waals surface area contributed by atoms with Gasteiger partial charge in [0.05, 0.1) is 0 Å². The topological polar surface area (TPSA) is 37.3 Å². The van der Waals surface area contributed by atoms with Gasteiger partial charge in [0.25, 0.3) is 0 Å². The fourth-order valence-corrected chi connectivity index (χ4v) is 2.43. The monoisotopic (exact) mass is 208 g/mol. The molecule has 0 aromatic rings. The minimum absolute atomic E-state index is 0.275. The summed E-state index contributed by atoms with van der Waals surface area (Å²) in [6, 6.07) is 0. The van der Waals surface area contributed by atoms with Crippen molar-refractivity contribution in [3.8, 4) is 0 Å². The van der Waals surface area contributed by atoms with Crippen LogP contribution in [-0.4, -0.2) is 11.1 Å². The average Bonchev–Trinajstić information content (AvgIpc) is 2.09. The van der Waals surface area contributed by atoms with Crippen molar-refractivity contribution in [2.45, 2.75) is 33.6 Å². The zero-order valence-electron chi connectivity index (χ0n) is 9.73. The number of carboxylic acid groups (broad SMARTS) is 1.